The molecule has 1 N–H and O–H groups in total. The first-order valence-electron chi connectivity index (χ1n) is 5.23. The van der Waals surface area contributed by atoms with Crippen LogP contribution in [0.4, 0.5) is 14.5 Å². The summed E-state index contributed by atoms with van der Waals surface area (Å²) in [5.74, 6) is -1.28. The zero-order chi connectivity index (χ0) is 13.1. The van der Waals surface area contributed by atoms with Crippen LogP contribution in [0.3, 0.4) is 0 Å². The number of sulfone groups is 1. The van der Waals surface area contributed by atoms with E-state index >= 15 is 0 Å². The smallest absolute Gasteiger partial charge is 0.154 e. The fourth-order valence-corrected chi connectivity index (χ4v) is 2.05. The topological polar surface area (TPSA) is 46.2 Å². The van der Waals surface area contributed by atoms with Gasteiger partial charge in [-0.25, -0.2) is 17.2 Å². The van der Waals surface area contributed by atoms with Gasteiger partial charge in [-0.3, -0.25) is 0 Å². The fraction of sp³-hybridized carbons (Fsp3) is 0.455. The van der Waals surface area contributed by atoms with Gasteiger partial charge in [0.25, 0.3) is 0 Å². The van der Waals surface area contributed by atoms with Crippen LogP contribution < -0.4 is 5.32 Å². The van der Waals surface area contributed by atoms with Gasteiger partial charge < -0.3 is 5.32 Å². The van der Waals surface area contributed by atoms with E-state index in [9.17, 15) is 17.2 Å². The highest BCUT2D eigenvalue weighted by Crippen LogP contribution is 2.15. The monoisotopic (exact) mass is 263 g/mol. The molecule has 0 amide bonds. The van der Waals surface area contributed by atoms with E-state index in [1.54, 1.807) is 13.8 Å². The molecule has 0 atom stereocenters. The van der Waals surface area contributed by atoms with Crippen molar-refractivity contribution >= 4 is 15.5 Å². The molecule has 96 valence electrons. The van der Waals surface area contributed by atoms with Crippen molar-refractivity contribution in [2.75, 3.05) is 17.6 Å². The molecular formula is C11H15F2NO2S. The Labute approximate surface area is 99.8 Å². The van der Waals surface area contributed by atoms with E-state index in [1.807, 2.05) is 0 Å². The van der Waals surface area contributed by atoms with E-state index in [0.717, 1.165) is 18.2 Å². The third-order valence-electron chi connectivity index (χ3n) is 2.35. The highest BCUT2D eigenvalue weighted by molar-refractivity contribution is 7.92. The van der Waals surface area contributed by atoms with E-state index in [-0.39, 0.29) is 18.0 Å². The van der Waals surface area contributed by atoms with Crippen LogP contribution in [0.25, 0.3) is 0 Å². The summed E-state index contributed by atoms with van der Waals surface area (Å²) < 4.78 is 48.9. The van der Waals surface area contributed by atoms with E-state index in [4.69, 9.17) is 0 Å². The van der Waals surface area contributed by atoms with E-state index in [1.165, 1.54) is 0 Å². The molecular weight excluding hydrogens is 248 g/mol. The summed E-state index contributed by atoms with van der Waals surface area (Å²) in [7, 11) is -3.17. The van der Waals surface area contributed by atoms with Crippen molar-refractivity contribution in [1.29, 1.82) is 0 Å². The number of nitrogens with one attached hydrogen (secondary N) is 1. The van der Waals surface area contributed by atoms with Crippen molar-refractivity contribution in [2.45, 2.75) is 19.1 Å². The van der Waals surface area contributed by atoms with Crippen LogP contribution in [0.15, 0.2) is 18.2 Å². The lowest BCUT2D eigenvalue weighted by molar-refractivity contribution is 0.587. The van der Waals surface area contributed by atoms with Gasteiger partial charge >= 0.3 is 0 Å². The molecule has 17 heavy (non-hydrogen) atoms. The molecule has 0 bridgehead atoms. The second-order valence-corrected chi connectivity index (χ2v) is 6.64. The summed E-state index contributed by atoms with van der Waals surface area (Å²) >= 11 is 0. The van der Waals surface area contributed by atoms with Gasteiger partial charge in [-0.1, -0.05) is 0 Å². The standard InChI is InChI=1S/C11H15F2NO2S/c1-8(2)17(15,16)6-5-14-11-7-9(12)3-4-10(11)13/h3-4,7-8,14H,5-6H2,1-2H3. The number of rotatable bonds is 5. The summed E-state index contributed by atoms with van der Waals surface area (Å²) in [5, 5.41) is 2.10. The van der Waals surface area contributed by atoms with Gasteiger partial charge in [-0.05, 0) is 32.0 Å². The van der Waals surface area contributed by atoms with Crippen molar-refractivity contribution in [3.63, 3.8) is 0 Å². The van der Waals surface area contributed by atoms with Gasteiger partial charge in [0.1, 0.15) is 11.6 Å². The fourth-order valence-electron chi connectivity index (χ4n) is 1.20. The highest BCUT2D eigenvalue weighted by atomic mass is 32.2. The Morgan fingerprint density at radius 1 is 1.29 bits per heavy atom. The van der Waals surface area contributed by atoms with Crippen LogP contribution in [0, 0.1) is 11.6 Å². The second kappa shape index (κ2) is 5.44. The molecule has 0 spiro atoms. The quantitative estimate of drug-likeness (QED) is 0.886. The van der Waals surface area contributed by atoms with Crippen LogP contribution in [0.2, 0.25) is 0 Å². The van der Waals surface area contributed by atoms with Crippen LogP contribution in [0.5, 0.6) is 0 Å². The van der Waals surface area contributed by atoms with Crippen molar-refractivity contribution in [1.82, 2.24) is 0 Å². The number of hydrogen-bond donors (Lipinski definition) is 1. The molecule has 0 unspecified atom stereocenters. The van der Waals surface area contributed by atoms with Crippen LogP contribution in [0.1, 0.15) is 13.8 Å². The first kappa shape index (κ1) is 13.9. The van der Waals surface area contributed by atoms with E-state index in [0.29, 0.717) is 0 Å². The summed E-state index contributed by atoms with van der Waals surface area (Å²) in [4.78, 5) is 0. The number of hydrogen-bond acceptors (Lipinski definition) is 3. The molecule has 0 radical (unpaired) electrons. The zero-order valence-corrected chi connectivity index (χ0v) is 10.5. The van der Waals surface area contributed by atoms with Gasteiger partial charge in [0.15, 0.2) is 9.84 Å². The minimum absolute atomic E-state index is 0.0241. The molecule has 1 aromatic carbocycles. The summed E-state index contributed by atoms with van der Waals surface area (Å²) in [6, 6.07) is 3.00. The summed E-state index contributed by atoms with van der Waals surface area (Å²) in [6.07, 6.45) is 0. The number of halogens is 2. The minimum atomic E-state index is -3.17. The average molecular weight is 263 g/mol. The molecule has 0 aliphatic carbocycles. The van der Waals surface area contributed by atoms with E-state index < -0.39 is 26.7 Å². The predicted octanol–water partition coefficient (Wildman–Crippen LogP) is 2.20. The summed E-state index contributed by atoms with van der Waals surface area (Å²) in [6.45, 7) is 3.22. The van der Waals surface area contributed by atoms with Gasteiger partial charge in [0.2, 0.25) is 0 Å². The molecule has 1 rings (SSSR count). The molecule has 6 heteroatoms. The van der Waals surface area contributed by atoms with Crippen molar-refractivity contribution < 1.29 is 17.2 Å². The SMILES string of the molecule is CC(C)S(=O)(=O)CCNc1cc(F)ccc1F. The van der Waals surface area contributed by atoms with Crippen LogP contribution in [-0.4, -0.2) is 26.0 Å². The van der Waals surface area contributed by atoms with E-state index in [2.05, 4.69) is 5.32 Å². The molecule has 0 heterocycles. The largest absolute Gasteiger partial charge is 0.382 e. The molecule has 3 nitrogen and oxygen atoms in total. The first-order valence-corrected chi connectivity index (χ1v) is 6.95. The Balaban J connectivity index is 2.60. The molecule has 0 aliphatic rings. The van der Waals surface area contributed by atoms with Gasteiger partial charge in [0.05, 0.1) is 16.7 Å². The first-order chi connectivity index (χ1) is 7.83. The second-order valence-electron chi connectivity index (χ2n) is 3.97. The van der Waals surface area contributed by atoms with Gasteiger partial charge in [-0.15, -0.1) is 0 Å². The lowest BCUT2D eigenvalue weighted by Gasteiger charge is -2.10. The third-order valence-corrected chi connectivity index (χ3v) is 4.56. The average Bonchev–Trinajstić information content (AvgIpc) is 2.22. The molecule has 0 saturated carbocycles. The Hall–Kier alpha value is -1.17. The van der Waals surface area contributed by atoms with Gasteiger partial charge in [0, 0.05) is 6.54 Å². The van der Waals surface area contributed by atoms with Crippen molar-refractivity contribution in [3.05, 3.63) is 29.8 Å². The molecule has 0 saturated heterocycles. The van der Waals surface area contributed by atoms with Crippen molar-refractivity contribution in [2.24, 2.45) is 0 Å². The Kier molecular flexibility index (Phi) is 4.45. The number of benzene rings is 1. The molecule has 0 aromatic heterocycles. The maximum atomic E-state index is 13.2. The zero-order valence-electron chi connectivity index (χ0n) is 9.70. The van der Waals surface area contributed by atoms with Gasteiger partial charge in [-0.2, -0.15) is 0 Å². The van der Waals surface area contributed by atoms with Crippen LogP contribution >= 0.6 is 0 Å². The normalized spacial score (nSPS) is 11.8. The maximum Gasteiger partial charge on any atom is 0.154 e. The third kappa shape index (κ3) is 3.96. The minimum Gasteiger partial charge on any atom is -0.382 e. The Bertz CT molecular complexity index is 486. The lowest BCUT2D eigenvalue weighted by Crippen LogP contribution is -2.23. The lowest BCUT2D eigenvalue weighted by atomic mass is 10.3. The van der Waals surface area contributed by atoms with Crippen LogP contribution in [-0.2, 0) is 9.84 Å². The Morgan fingerprint density at radius 3 is 2.53 bits per heavy atom. The Morgan fingerprint density at radius 2 is 1.94 bits per heavy atom. The molecule has 0 fully saturated rings. The molecule has 0 aliphatic heterocycles. The summed E-state index contributed by atoms with van der Waals surface area (Å²) in [5.41, 5.74) is -0.0241. The number of anilines is 1. The maximum absolute atomic E-state index is 13.2. The highest BCUT2D eigenvalue weighted by Gasteiger charge is 2.15. The predicted molar refractivity (Wildman–Crippen MR) is 63.8 cm³/mol. The molecule has 1 aromatic rings. The van der Waals surface area contributed by atoms with Crippen molar-refractivity contribution in [3.8, 4) is 0 Å².